The minimum absolute atomic E-state index is 0.176. The third-order valence-electron chi connectivity index (χ3n) is 2.68. The first-order valence-corrected chi connectivity index (χ1v) is 6.53. The fraction of sp³-hybridized carbons (Fsp3) is 0.917. The van der Waals surface area contributed by atoms with Crippen molar-refractivity contribution in [1.82, 2.24) is 4.90 Å². The summed E-state index contributed by atoms with van der Waals surface area (Å²) in [4.78, 5) is 13.8. The second-order valence-corrected chi connectivity index (χ2v) is 5.68. The van der Waals surface area contributed by atoms with E-state index in [0.29, 0.717) is 11.9 Å². The fourth-order valence-corrected chi connectivity index (χ4v) is 2.16. The second-order valence-electron chi connectivity index (χ2n) is 5.30. The van der Waals surface area contributed by atoms with Crippen molar-refractivity contribution in [3.63, 3.8) is 0 Å². The Morgan fingerprint density at radius 3 is 2.75 bits per heavy atom. The number of hydrogen-bond donors (Lipinski definition) is 0. The quantitative estimate of drug-likeness (QED) is 0.716. The Morgan fingerprint density at radius 2 is 2.19 bits per heavy atom. The molecule has 1 amide bonds. The normalized spacial score (nSPS) is 21.2. The average molecular weight is 248 g/mol. The van der Waals surface area contributed by atoms with Crippen LogP contribution >= 0.6 is 11.6 Å². The van der Waals surface area contributed by atoms with E-state index in [2.05, 4.69) is 0 Å². The number of likely N-dealkylation sites (tertiary alicyclic amines) is 1. The molecule has 0 bridgehead atoms. The van der Waals surface area contributed by atoms with Crippen LogP contribution in [0.1, 0.15) is 46.5 Å². The van der Waals surface area contributed by atoms with E-state index in [1.165, 1.54) is 0 Å². The van der Waals surface area contributed by atoms with Gasteiger partial charge in [0.1, 0.15) is 5.60 Å². The molecule has 1 heterocycles. The number of halogens is 1. The van der Waals surface area contributed by atoms with E-state index in [1.54, 1.807) is 0 Å². The highest BCUT2D eigenvalue weighted by atomic mass is 35.5. The van der Waals surface area contributed by atoms with Crippen molar-refractivity contribution in [2.75, 3.05) is 12.4 Å². The molecule has 0 aromatic rings. The van der Waals surface area contributed by atoms with Crippen molar-refractivity contribution in [2.45, 2.75) is 58.1 Å². The smallest absolute Gasteiger partial charge is 0.410 e. The maximum absolute atomic E-state index is 11.9. The van der Waals surface area contributed by atoms with Gasteiger partial charge in [0.05, 0.1) is 0 Å². The third-order valence-corrected chi connectivity index (χ3v) is 2.94. The van der Waals surface area contributed by atoms with Crippen LogP contribution in [0.25, 0.3) is 0 Å². The van der Waals surface area contributed by atoms with Crippen molar-refractivity contribution in [3.05, 3.63) is 0 Å². The Morgan fingerprint density at radius 1 is 1.50 bits per heavy atom. The number of hydrogen-bond acceptors (Lipinski definition) is 2. The zero-order valence-electron chi connectivity index (χ0n) is 10.5. The largest absolute Gasteiger partial charge is 0.444 e. The molecule has 0 aromatic carbocycles. The molecule has 0 aliphatic carbocycles. The van der Waals surface area contributed by atoms with Gasteiger partial charge in [-0.05, 0) is 46.5 Å². The number of alkyl halides is 1. The van der Waals surface area contributed by atoms with E-state index in [9.17, 15) is 4.79 Å². The van der Waals surface area contributed by atoms with Crippen molar-refractivity contribution in [1.29, 1.82) is 0 Å². The van der Waals surface area contributed by atoms with Crippen LogP contribution in [-0.2, 0) is 4.74 Å². The van der Waals surface area contributed by atoms with Gasteiger partial charge in [-0.25, -0.2) is 4.79 Å². The molecule has 0 unspecified atom stereocenters. The third kappa shape index (κ3) is 4.20. The van der Waals surface area contributed by atoms with Gasteiger partial charge >= 0.3 is 6.09 Å². The van der Waals surface area contributed by atoms with E-state index in [1.807, 2.05) is 25.7 Å². The number of rotatable bonds is 3. The molecule has 94 valence electrons. The van der Waals surface area contributed by atoms with E-state index < -0.39 is 5.60 Å². The first-order chi connectivity index (χ1) is 7.44. The lowest BCUT2D eigenvalue weighted by molar-refractivity contribution is 0.0220. The first kappa shape index (κ1) is 13.6. The zero-order valence-corrected chi connectivity index (χ0v) is 11.2. The van der Waals surface area contributed by atoms with E-state index in [4.69, 9.17) is 16.3 Å². The minimum atomic E-state index is -0.406. The molecule has 1 atom stereocenters. The number of nitrogens with zero attached hydrogens (tertiary/aromatic N) is 1. The topological polar surface area (TPSA) is 29.5 Å². The van der Waals surface area contributed by atoms with Crippen molar-refractivity contribution >= 4 is 17.7 Å². The zero-order chi connectivity index (χ0) is 12.2. The summed E-state index contributed by atoms with van der Waals surface area (Å²) in [6.45, 7) is 6.51. The van der Waals surface area contributed by atoms with E-state index >= 15 is 0 Å². The Bertz CT molecular complexity index is 238. The van der Waals surface area contributed by atoms with Crippen LogP contribution in [0.5, 0.6) is 0 Å². The molecule has 1 aliphatic rings. The molecular weight excluding hydrogens is 226 g/mol. The van der Waals surface area contributed by atoms with Crippen LogP contribution in [-0.4, -0.2) is 35.1 Å². The summed E-state index contributed by atoms with van der Waals surface area (Å²) in [5.41, 5.74) is -0.406. The van der Waals surface area contributed by atoms with Crippen LogP contribution in [0, 0.1) is 0 Å². The molecule has 0 saturated carbocycles. The average Bonchev–Trinajstić information content (AvgIpc) is 2.59. The minimum Gasteiger partial charge on any atom is -0.444 e. The first-order valence-electron chi connectivity index (χ1n) is 5.99. The van der Waals surface area contributed by atoms with Gasteiger partial charge in [-0.2, -0.15) is 0 Å². The molecule has 0 spiro atoms. The van der Waals surface area contributed by atoms with Crippen molar-refractivity contribution in [3.8, 4) is 0 Å². The maximum Gasteiger partial charge on any atom is 0.410 e. The molecule has 3 nitrogen and oxygen atoms in total. The monoisotopic (exact) mass is 247 g/mol. The Balaban J connectivity index is 2.47. The van der Waals surface area contributed by atoms with E-state index in [0.717, 1.165) is 32.2 Å². The van der Waals surface area contributed by atoms with Gasteiger partial charge in [0, 0.05) is 18.5 Å². The molecule has 4 heteroatoms. The molecule has 0 N–H and O–H groups in total. The summed E-state index contributed by atoms with van der Waals surface area (Å²) in [5.74, 6) is 0.665. The summed E-state index contributed by atoms with van der Waals surface area (Å²) in [6.07, 6.45) is 3.93. The molecule has 1 fully saturated rings. The molecular formula is C12H22ClNO2. The number of amides is 1. The lowest BCUT2D eigenvalue weighted by Crippen LogP contribution is -2.39. The predicted molar refractivity (Wildman–Crippen MR) is 65.9 cm³/mol. The molecule has 16 heavy (non-hydrogen) atoms. The van der Waals surface area contributed by atoms with Crippen LogP contribution in [0.2, 0.25) is 0 Å². The van der Waals surface area contributed by atoms with Crippen LogP contribution in [0.4, 0.5) is 4.79 Å². The highest BCUT2D eigenvalue weighted by Crippen LogP contribution is 2.23. The molecule has 1 rings (SSSR count). The molecule has 0 radical (unpaired) electrons. The standard InChI is InChI=1S/C12H22ClNO2/c1-12(2,3)16-11(15)14-9-5-7-10(14)6-4-8-13/h10H,4-9H2,1-3H3/t10-/m1/s1. The number of ether oxygens (including phenoxy) is 1. The number of carbonyl (C=O) groups excluding carboxylic acids is 1. The summed E-state index contributed by atoms with van der Waals surface area (Å²) in [5, 5.41) is 0. The van der Waals surface area contributed by atoms with Gasteiger partial charge < -0.3 is 9.64 Å². The van der Waals surface area contributed by atoms with Gasteiger partial charge in [0.15, 0.2) is 0 Å². The Hall–Kier alpha value is -0.440. The SMILES string of the molecule is CC(C)(C)OC(=O)N1CCC[C@H]1CCCCl. The highest BCUT2D eigenvalue weighted by molar-refractivity contribution is 6.17. The fourth-order valence-electron chi connectivity index (χ4n) is 2.01. The maximum atomic E-state index is 11.9. The molecule has 1 aliphatic heterocycles. The number of carbonyl (C=O) groups is 1. The summed E-state index contributed by atoms with van der Waals surface area (Å²) in [6, 6.07) is 0.327. The van der Waals surface area contributed by atoms with Gasteiger partial charge in [0.2, 0.25) is 0 Å². The Labute approximate surface area is 103 Å². The molecule has 0 aromatic heterocycles. The van der Waals surface area contributed by atoms with Crippen LogP contribution < -0.4 is 0 Å². The van der Waals surface area contributed by atoms with Crippen molar-refractivity contribution in [2.24, 2.45) is 0 Å². The predicted octanol–water partition coefficient (Wildman–Crippen LogP) is 3.40. The summed E-state index contributed by atoms with van der Waals surface area (Å²) in [7, 11) is 0. The Kier molecular flexibility index (Phi) is 4.90. The summed E-state index contributed by atoms with van der Waals surface area (Å²) < 4.78 is 5.39. The van der Waals surface area contributed by atoms with Crippen LogP contribution in [0.15, 0.2) is 0 Å². The van der Waals surface area contributed by atoms with Crippen LogP contribution in [0.3, 0.4) is 0 Å². The van der Waals surface area contributed by atoms with Gasteiger partial charge in [0.25, 0.3) is 0 Å². The second kappa shape index (κ2) is 5.76. The van der Waals surface area contributed by atoms with E-state index in [-0.39, 0.29) is 6.09 Å². The van der Waals surface area contributed by atoms with Gasteiger partial charge in [-0.15, -0.1) is 11.6 Å². The van der Waals surface area contributed by atoms with Gasteiger partial charge in [-0.1, -0.05) is 0 Å². The molecule has 1 saturated heterocycles. The highest BCUT2D eigenvalue weighted by Gasteiger charge is 2.31. The summed E-state index contributed by atoms with van der Waals surface area (Å²) >= 11 is 5.68. The lowest BCUT2D eigenvalue weighted by atomic mass is 10.1. The van der Waals surface area contributed by atoms with Gasteiger partial charge in [-0.3, -0.25) is 0 Å². The lowest BCUT2D eigenvalue weighted by Gasteiger charge is -2.28. The van der Waals surface area contributed by atoms with Crippen molar-refractivity contribution < 1.29 is 9.53 Å².